The normalized spacial score (nSPS) is 10.3. The lowest BCUT2D eigenvalue weighted by atomic mass is 10.2. The Labute approximate surface area is 154 Å². The summed E-state index contributed by atoms with van der Waals surface area (Å²) in [4.78, 5) is 25.7. The number of carbonyl (C=O) groups is 1. The van der Waals surface area contributed by atoms with Gasteiger partial charge in [-0.2, -0.15) is 9.78 Å². The van der Waals surface area contributed by atoms with Crippen molar-refractivity contribution < 1.29 is 14.5 Å². The van der Waals surface area contributed by atoms with Crippen molar-refractivity contribution >= 4 is 33.6 Å². The third kappa shape index (κ3) is 3.74. The van der Waals surface area contributed by atoms with E-state index < -0.39 is 11.0 Å². The molecule has 8 heteroatoms. The monoisotopic (exact) mass is 364 g/mol. The van der Waals surface area contributed by atoms with Crippen LogP contribution in [0, 0.1) is 17.0 Å². The van der Waals surface area contributed by atoms with Crippen molar-refractivity contribution in [1.82, 2.24) is 14.8 Å². The quantitative estimate of drug-likeness (QED) is 0.372. The largest absolute Gasteiger partial charge is 0.451 e. The van der Waals surface area contributed by atoms with Gasteiger partial charge in [0.05, 0.1) is 28.8 Å². The predicted molar refractivity (Wildman–Crippen MR) is 101 cm³/mol. The van der Waals surface area contributed by atoms with Crippen molar-refractivity contribution in [2.24, 2.45) is 0 Å². The number of nitro benzene ring substituents is 1. The number of hydrogen-bond donors (Lipinski definition) is 0. The van der Waals surface area contributed by atoms with Crippen molar-refractivity contribution in [1.29, 1.82) is 0 Å². The van der Waals surface area contributed by atoms with E-state index in [2.05, 4.69) is 27.0 Å². The summed E-state index contributed by atoms with van der Waals surface area (Å²) in [7, 11) is 1.22. The lowest BCUT2D eigenvalue weighted by Gasteiger charge is -1.99. The third-order valence-corrected chi connectivity index (χ3v) is 3.92. The maximum atomic E-state index is 11.4. The molecule has 0 aliphatic heterocycles. The van der Waals surface area contributed by atoms with E-state index in [1.54, 1.807) is 13.0 Å². The summed E-state index contributed by atoms with van der Waals surface area (Å²) in [6.07, 6.45) is 1.13. The number of para-hydroxylation sites is 1. The number of aryl methyl sites for hydroxylation is 1. The number of nitro groups is 1. The van der Waals surface area contributed by atoms with Gasteiger partial charge >= 0.3 is 6.09 Å². The van der Waals surface area contributed by atoms with Crippen LogP contribution in [0.15, 0.2) is 60.8 Å². The van der Waals surface area contributed by atoms with E-state index in [1.807, 2.05) is 30.5 Å². The zero-order valence-corrected chi connectivity index (χ0v) is 14.7. The van der Waals surface area contributed by atoms with Crippen LogP contribution in [0.2, 0.25) is 0 Å². The molecule has 0 aliphatic rings. The molecule has 0 amide bonds. The summed E-state index contributed by atoms with van der Waals surface area (Å²) in [6.45, 7) is 1.72. The Balaban J connectivity index is 0.000000177. The number of pyridine rings is 1. The molecule has 0 atom stereocenters. The number of aromatic nitrogens is 3. The molecule has 2 aromatic carbocycles. The molecule has 4 aromatic rings. The smallest absolute Gasteiger partial charge is 0.434 e. The molecular weight excluding hydrogens is 348 g/mol. The highest BCUT2D eigenvalue weighted by Crippen LogP contribution is 2.23. The zero-order valence-electron chi connectivity index (χ0n) is 14.7. The highest BCUT2D eigenvalue weighted by Gasteiger charge is 2.16. The summed E-state index contributed by atoms with van der Waals surface area (Å²) in [5.41, 5.74) is 1.94. The van der Waals surface area contributed by atoms with Crippen molar-refractivity contribution in [3.63, 3.8) is 0 Å². The van der Waals surface area contributed by atoms with Crippen LogP contribution >= 0.6 is 0 Å². The first kappa shape index (κ1) is 18.0. The van der Waals surface area contributed by atoms with Gasteiger partial charge in [-0.25, -0.2) is 4.79 Å². The van der Waals surface area contributed by atoms with Crippen molar-refractivity contribution in [2.75, 3.05) is 7.11 Å². The highest BCUT2D eigenvalue weighted by atomic mass is 16.6. The number of hydrogen-bond acceptors (Lipinski definition) is 6. The Morgan fingerprint density at radius 3 is 2.59 bits per heavy atom. The molecule has 2 heterocycles. The molecule has 8 nitrogen and oxygen atoms in total. The molecule has 0 N–H and O–H groups in total. The summed E-state index contributed by atoms with van der Waals surface area (Å²) in [5.74, 6) is 0. The molecule has 2 aromatic heterocycles. The van der Waals surface area contributed by atoms with Crippen LogP contribution in [-0.2, 0) is 4.74 Å². The van der Waals surface area contributed by atoms with Gasteiger partial charge in [-0.05, 0) is 25.1 Å². The molecule has 0 aliphatic carbocycles. The van der Waals surface area contributed by atoms with Gasteiger partial charge in [0.1, 0.15) is 0 Å². The molecule has 0 radical (unpaired) electrons. The fourth-order valence-electron chi connectivity index (χ4n) is 2.61. The third-order valence-electron chi connectivity index (χ3n) is 3.92. The van der Waals surface area contributed by atoms with E-state index in [4.69, 9.17) is 0 Å². The Bertz CT molecular complexity index is 1070. The summed E-state index contributed by atoms with van der Waals surface area (Å²) < 4.78 is 5.56. The summed E-state index contributed by atoms with van der Waals surface area (Å²) in [6, 6.07) is 16.3. The molecule has 27 heavy (non-hydrogen) atoms. The summed E-state index contributed by atoms with van der Waals surface area (Å²) >= 11 is 0. The number of rotatable bonds is 1. The lowest BCUT2D eigenvalue weighted by Crippen LogP contribution is -2.12. The number of non-ortho nitro benzene ring substituents is 1. The maximum Gasteiger partial charge on any atom is 0.434 e. The Morgan fingerprint density at radius 2 is 1.89 bits per heavy atom. The molecular formula is C19H16N4O4. The second kappa shape index (κ2) is 7.61. The van der Waals surface area contributed by atoms with Crippen LogP contribution in [0.25, 0.3) is 21.8 Å². The van der Waals surface area contributed by atoms with Crippen LogP contribution in [-0.4, -0.2) is 32.9 Å². The number of carbonyl (C=O) groups excluding carboxylic acids is 1. The second-order valence-electron chi connectivity index (χ2n) is 5.62. The minimum Gasteiger partial charge on any atom is -0.451 e. The Morgan fingerprint density at radius 1 is 1.15 bits per heavy atom. The number of methoxy groups -OCH3 is 1. The topological polar surface area (TPSA) is 100 Å². The average molecular weight is 364 g/mol. The van der Waals surface area contributed by atoms with Crippen LogP contribution < -0.4 is 0 Å². The molecule has 0 fully saturated rings. The fraction of sp³-hybridized carbons (Fsp3) is 0.105. The van der Waals surface area contributed by atoms with Crippen LogP contribution in [0.4, 0.5) is 10.5 Å². The van der Waals surface area contributed by atoms with Gasteiger partial charge in [-0.3, -0.25) is 15.1 Å². The van der Waals surface area contributed by atoms with Crippen LogP contribution in [0.5, 0.6) is 0 Å². The molecule has 0 spiro atoms. The average Bonchev–Trinajstić information content (AvgIpc) is 3.04. The molecule has 4 rings (SSSR count). The number of benzene rings is 2. The molecule has 136 valence electrons. The standard InChI is InChI=1S/C10H9N3O4.C9H7N/c1-6-8-4-3-7(13(15)16)5-9(8)12(11-6)10(14)17-2;1-2-6-9-8(4-1)5-3-7-10-9/h3-5H,1-2H3;1-7H. The SMILES string of the molecule is COC(=O)n1nc(C)c2ccc([N+](=O)[O-])cc21.c1ccc2ncccc2c1. The fourth-order valence-corrected chi connectivity index (χ4v) is 2.61. The van der Waals surface area contributed by atoms with E-state index in [0.717, 1.165) is 10.2 Å². The Hall–Kier alpha value is -3.81. The minimum absolute atomic E-state index is 0.0949. The first-order valence-electron chi connectivity index (χ1n) is 8.03. The van der Waals surface area contributed by atoms with E-state index in [1.165, 1.54) is 24.6 Å². The Kier molecular flexibility index (Phi) is 5.07. The van der Waals surface area contributed by atoms with Gasteiger partial charge < -0.3 is 4.74 Å². The van der Waals surface area contributed by atoms with Crippen LogP contribution in [0.3, 0.4) is 0 Å². The van der Waals surface area contributed by atoms with Crippen LogP contribution in [0.1, 0.15) is 5.69 Å². The van der Waals surface area contributed by atoms with Crippen molar-refractivity contribution in [3.8, 4) is 0 Å². The van der Waals surface area contributed by atoms with Gasteiger partial charge in [0.15, 0.2) is 0 Å². The number of ether oxygens (including phenoxy) is 1. The van der Waals surface area contributed by atoms with Gasteiger partial charge in [-0.15, -0.1) is 0 Å². The maximum absolute atomic E-state index is 11.4. The van der Waals surface area contributed by atoms with Gasteiger partial charge in [0.2, 0.25) is 0 Å². The van der Waals surface area contributed by atoms with E-state index in [-0.39, 0.29) is 5.69 Å². The number of fused-ring (bicyclic) bond motifs is 2. The minimum atomic E-state index is -0.677. The molecule has 0 bridgehead atoms. The van der Waals surface area contributed by atoms with E-state index >= 15 is 0 Å². The first-order chi connectivity index (χ1) is 13.0. The lowest BCUT2D eigenvalue weighted by molar-refractivity contribution is -0.384. The first-order valence-corrected chi connectivity index (χ1v) is 8.03. The molecule has 0 saturated carbocycles. The van der Waals surface area contributed by atoms with E-state index in [9.17, 15) is 14.9 Å². The van der Waals surface area contributed by atoms with Crippen molar-refractivity contribution in [3.05, 3.63) is 76.6 Å². The highest BCUT2D eigenvalue weighted by molar-refractivity contribution is 5.90. The zero-order chi connectivity index (χ0) is 19.4. The summed E-state index contributed by atoms with van der Waals surface area (Å²) in [5, 5.41) is 16.5. The van der Waals surface area contributed by atoms with Crippen molar-refractivity contribution in [2.45, 2.75) is 6.92 Å². The van der Waals surface area contributed by atoms with Gasteiger partial charge in [0.25, 0.3) is 5.69 Å². The van der Waals surface area contributed by atoms with E-state index in [0.29, 0.717) is 16.6 Å². The van der Waals surface area contributed by atoms with Gasteiger partial charge in [0, 0.05) is 29.1 Å². The number of nitrogens with zero attached hydrogens (tertiary/aromatic N) is 4. The predicted octanol–water partition coefficient (Wildman–Crippen LogP) is 4.10. The van der Waals surface area contributed by atoms with Gasteiger partial charge in [-0.1, -0.05) is 24.3 Å². The second-order valence-corrected chi connectivity index (χ2v) is 5.62. The molecule has 0 saturated heterocycles. The molecule has 0 unspecified atom stereocenters.